The molecule has 112 valence electrons. The zero-order chi connectivity index (χ0) is 14.8. The SMILES string of the molecule is CC(CN1CCCC1)Nc1ccc(N)cc1C(F)(F)F. The Bertz CT molecular complexity index is 453. The van der Waals surface area contributed by atoms with Crippen LogP contribution in [0.1, 0.15) is 25.3 Å². The first-order chi connectivity index (χ1) is 9.36. The smallest absolute Gasteiger partial charge is 0.399 e. The summed E-state index contributed by atoms with van der Waals surface area (Å²) in [6, 6.07) is 3.82. The number of nitrogens with one attached hydrogen (secondary N) is 1. The molecule has 1 heterocycles. The minimum Gasteiger partial charge on any atom is -0.399 e. The maximum atomic E-state index is 13.0. The first-order valence-corrected chi connectivity index (χ1v) is 6.82. The summed E-state index contributed by atoms with van der Waals surface area (Å²) in [4.78, 5) is 2.27. The zero-order valence-corrected chi connectivity index (χ0v) is 11.5. The van der Waals surface area contributed by atoms with Gasteiger partial charge in [-0.25, -0.2) is 0 Å². The van der Waals surface area contributed by atoms with Crippen LogP contribution in [-0.2, 0) is 6.18 Å². The molecule has 6 heteroatoms. The van der Waals surface area contributed by atoms with E-state index in [4.69, 9.17) is 5.73 Å². The van der Waals surface area contributed by atoms with Crippen molar-refractivity contribution >= 4 is 11.4 Å². The Morgan fingerprint density at radius 3 is 2.55 bits per heavy atom. The van der Waals surface area contributed by atoms with Gasteiger partial charge in [0.05, 0.1) is 5.56 Å². The third-order valence-corrected chi connectivity index (χ3v) is 3.48. The van der Waals surface area contributed by atoms with Crippen LogP contribution in [-0.4, -0.2) is 30.6 Å². The molecule has 1 aliphatic heterocycles. The molecule has 0 radical (unpaired) electrons. The Labute approximate surface area is 116 Å². The van der Waals surface area contributed by atoms with Crippen LogP contribution in [0, 0.1) is 0 Å². The van der Waals surface area contributed by atoms with E-state index < -0.39 is 11.7 Å². The van der Waals surface area contributed by atoms with Crippen LogP contribution in [0.5, 0.6) is 0 Å². The second-order valence-corrected chi connectivity index (χ2v) is 5.36. The van der Waals surface area contributed by atoms with Crippen LogP contribution >= 0.6 is 0 Å². The van der Waals surface area contributed by atoms with Crippen LogP contribution in [0.3, 0.4) is 0 Å². The molecule has 1 atom stereocenters. The number of hydrogen-bond acceptors (Lipinski definition) is 3. The lowest BCUT2D eigenvalue weighted by Crippen LogP contribution is -2.33. The average molecular weight is 287 g/mol. The van der Waals surface area contributed by atoms with Crippen molar-refractivity contribution in [1.82, 2.24) is 4.90 Å². The Morgan fingerprint density at radius 2 is 1.95 bits per heavy atom. The van der Waals surface area contributed by atoms with Crippen LogP contribution < -0.4 is 11.1 Å². The van der Waals surface area contributed by atoms with Crippen molar-refractivity contribution in [3.8, 4) is 0 Å². The van der Waals surface area contributed by atoms with E-state index in [1.807, 2.05) is 6.92 Å². The van der Waals surface area contributed by atoms with Gasteiger partial charge < -0.3 is 16.0 Å². The van der Waals surface area contributed by atoms with Crippen LogP contribution in [0.15, 0.2) is 18.2 Å². The summed E-state index contributed by atoms with van der Waals surface area (Å²) < 4.78 is 38.9. The van der Waals surface area contributed by atoms with Crippen molar-refractivity contribution in [3.63, 3.8) is 0 Å². The van der Waals surface area contributed by atoms with E-state index in [0.717, 1.165) is 25.7 Å². The molecule has 1 fully saturated rings. The highest BCUT2D eigenvalue weighted by atomic mass is 19.4. The van der Waals surface area contributed by atoms with Gasteiger partial charge in [-0.2, -0.15) is 13.2 Å². The zero-order valence-electron chi connectivity index (χ0n) is 11.5. The second kappa shape index (κ2) is 5.91. The minimum absolute atomic E-state index is 0.0437. The molecule has 0 aromatic heterocycles. The van der Waals surface area contributed by atoms with E-state index in [9.17, 15) is 13.2 Å². The average Bonchev–Trinajstić information content (AvgIpc) is 2.82. The summed E-state index contributed by atoms with van der Waals surface area (Å²) >= 11 is 0. The molecule has 1 aliphatic rings. The highest BCUT2D eigenvalue weighted by Crippen LogP contribution is 2.36. The van der Waals surface area contributed by atoms with Crippen LogP contribution in [0.2, 0.25) is 0 Å². The van der Waals surface area contributed by atoms with Gasteiger partial charge in [0.25, 0.3) is 0 Å². The van der Waals surface area contributed by atoms with Gasteiger partial charge in [0.15, 0.2) is 0 Å². The fourth-order valence-corrected chi connectivity index (χ4v) is 2.59. The van der Waals surface area contributed by atoms with Gasteiger partial charge in [0, 0.05) is 24.0 Å². The van der Waals surface area contributed by atoms with Gasteiger partial charge in [-0.05, 0) is 51.1 Å². The number of benzene rings is 1. The molecule has 0 bridgehead atoms. The molecular formula is C14H20F3N3. The van der Waals surface area contributed by atoms with Gasteiger partial charge in [-0.1, -0.05) is 0 Å². The maximum Gasteiger partial charge on any atom is 0.418 e. The Balaban J connectivity index is 2.08. The van der Waals surface area contributed by atoms with Crippen molar-refractivity contribution in [2.45, 2.75) is 32.0 Å². The largest absolute Gasteiger partial charge is 0.418 e. The molecule has 0 aliphatic carbocycles. The Morgan fingerprint density at radius 1 is 1.30 bits per heavy atom. The van der Waals surface area contributed by atoms with E-state index in [1.54, 1.807) is 0 Å². The summed E-state index contributed by atoms with van der Waals surface area (Å²) in [5.41, 5.74) is 4.96. The summed E-state index contributed by atoms with van der Waals surface area (Å²) in [5, 5.41) is 2.95. The van der Waals surface area contributed by atoms with Gasteiger partial charge in [-0.15, -0.1) is 0 Å². The number of halogens is 3. The number of nitrogens with zero attached hydrogens (tertiary/aromatic N) is 1. The van der Waals surface area contributed by atoms with E-state index in [-0.39, 0.29) is 17.4 Å². The van der Waals surface area contributed by atoms with Crippen LogP contribution in [0.4, 0.5) is 24.5 Å². The fourth-order valence-electron chi connectivity index (χ4n) is 2.59. The van der Waals surface area contributed by atoms with Crippen molar-refractivity contribution in [2.24, 2.45) is 0 Å². The Hall–Kier alpha value is -1.43. The monoisotopic (exact) mass is 287 g/mol. The number of anilines is 2. The number of nitrogen functional groups attached to an aromatic ring is 1. The standard InChI is InChI=1S/C14H20F3N3/c1-10(9-20-6-2-3-7-20)19-13-5-4-11(18)8-12(13)14(15,16)17/h4-5,8,10,19H,2-3,6-7,9,18H2,1H3. The van der Waals surface area contributed by atoms with E-state index >= 15 is 0 Å². The molecule has 1 aromatic rings. The van der Waals surface area contributed by atoms with E-state index in [2.05, 4.69) is 10.2 Å². The molecule has 0 amide bonds. The predicted molar refractivity (Wildman–Crippen MR) is 74.6 cm³/mol. The highest BCUT2D eigenvalue weighted by molar-refractivity contribution is 5.59. The molecule has 0 saturated carbocycles. The van der Waals surface area contributed by atoms with Gasteiger partial charge in [0.2, 0.25) is 0 Å². The quantitative estimate of drug-likeness (QED) is 0.836. The van der Waals surface area contributed by atoms with Gasteiger partial charge in [0.1, 0.15) is 0 Å². The lowest BCUT2D eigenvalue weighted by molar-refractivity contribution is -0.136. The van der Waals surface area contributed by atoms with Gasteiger partial charge >= 0.3 is 6.18 Å². The molecule has 2 rings (SSSR count). The molecular weight excluding hydrogens is 267 g/mol. The van der Waals surface area contributed by atoms with E-state index in [1.165, 1.54) is 25.0 Å². The highest BCUT2D eigenvalue weighted by Gasteiger charge is 2.34. The molecule has 3 nitrogen and oxygen atoms in total. The second-order valence-electron chi connectivity index (χ2n) is 5.36. The summed E-state index contributed by atoms with van der Waals surface area (Å²) in [6.45, 7) is 4.70. The molecule has 0 spiro atoms. The number of hydrogen-bond donors (Lipinski definition) is 2. The molecule has 1 saturated heterocycles. The van der Waals surface area contributed by atoms with Crippen molar-refractivity contribution in [3.05, 3.63) is 23.8 Å². The molecule has 1 aromatic carbocycles. The van der Waals surface area contributed by atoms with Gasteiger partial charge in [-0.3, -0.25) is 0 Å². The van der Waals surface area contributed by atoms with Crippen molar-refractivity contribution in [1.29, 1.82) is 0 Å². The molecule has 3 N–H and O–H groups in total. The minimum atomic E-state index is -4.40. The molecule has 1 unspecified atom stereocenters. The normalized spacial score (nSPS) is 18.2. The summed E-state index contributed by atoms with van der Waals surface area (Å²) in [6.07, 6.45) is -2.06. The lowest BCUT2D eigenvalue weighted by Gasteiger charge is -2.24. The first kappa shape index (κ1) is 15.0. The number of rotatable bonds is 4. The maximum absolute atomic E-state index is 13.0. The number of likely N-dealkylation sites (tertiary alicyclic amines) is 1. The van der Waals surface area contributed by atoms with Crippen molar-refractivity contribution in [2.75, 3.05) is 30.7 Å². The molecule has 20 heavy (non-hydrogen) atoms. The summed E-state index contributed by atoms with van der Waals surface area (Å²) in [7, 11) is 0. The number of nitrogens with two attached hydrogens (primary N) is 1. The van der Waals surface area contributed by atoms with Crippen LogP contribution in [0.25, 0.3) is 0 Å². The lowest BCUT2D eigenvalue weighted by atomic mass is 10.1. The topological polar surface area (TPSA) is 41.3 Å². The Kier molecular flexibility index (Phi) is 4.42. The third-order valence-electron chi connectivity index (χ3n) is 3.48. The van der Waals surface area contributed by atoms with E-state index in [0.29, 0.717) is 0 Å². The van der Waals surface area contributed by atoms with Crippen molar-refractivity contribution < 1.29 is 13.2 Å². The fraction of sp³-hybridized carbons (Fsp3) is 0.571. The summed E-state index contributed by atoms with van der Waals surface area (Å²) in [5.74, 6) is 0. The third kappa shape index (κ3) is 3.79. The first-order valence-electron chi connectivity index (χ1n) is 6.82. The number of alkyl halides is 3. The predicted octanol–water partition coefficient (Wildman–Crippen LogP) is 3.18.